The van der Waals surface area contributed by atoms with E-state index in [1.54, 1.807) is 18.3 Å². The summed E-state index contributed by atoms with van der Waals surface area (Å²) in [6, 6.07) is 9.06. The molecule has 0 radical (unpaired) electrons. The molecule has 4 rings (SSSR count). The van der Waals surface area contributed by atoms with E-state index in [4.69, 9.17) is 5.73 Å². The zero-order chi connectivity index (χ0) is 27.3. The maximum Gasteiger partial charge on any atom is 0.416 e. The number of rotatable bonds is 8. The Morgan fingerprint density at radius 3 is 2.42 bits per heavy atom. The van der Waals surface area contributed by atoms with Gasteiger partial charge in [-0.25, -0.2) is 4.98 Å². The number of nitrogens with zero attached hydrogens (tertiary/aromatic N) is 4. The zero-order valence-corrected chi connectivity index (χ0v) is 21.5. The number of hydrogen-bond donors (Lipinski definition) is 3. The summed E-state index contributed by atoms with van der Waals surface area (Å²) in [5.74, 6) is -0.288. The fourth-order valence-corrected chi connectivity index (χ4v) is 4.36. The Labute approximate surface area is 220 Å². The maximum absolute atomic E-state index is 14.0. The van der Waals surface area contributed by atoms with E-state index in [9.17, 15) is 18.0 Å². The number of likely N-dealkylation sites (N-methyl/N-ethyl adjacent to an activating group) is 1. The molecule has 2 heterocycles. The highest BCUT2D eigenvalue weighted by Crippen LogP contribution is 2.34. The van der Waals surface area contributed by atoms with E-state index in [0.717, 1.165) is 37.0 Å². The third kappa shape index (κ3) is 6.99. The van der Waals surface area contributed by atoms with E-state index < -0.39 is 17.6 Å². The van der Waals surface area contributed by atoms with Gasteiger partial charge in [-0.2, -0.15) is 13.2 Å². The van der Waals surface area contributed by atoms with Crippen LogP contribution in [0.3, 0.4) is 0 Å². The Balaban J connectivity index is 1.46. The summed E-state index contributed by atoms with van der Waals surface area (Å²) in [7, 11) is 0. The number of aryl methyl sites for hydroxylation is 1. The van der Waals surface area contributed by atoms with Gasteiger partial charge in [0, 0.05) is 49.7 Å². The molecule has 2 aromatic carbocycles. The first-order valence-electron chi connectivity index (χ1n) is 12.5. The van der Waals surface area contributed by atoms with Crippen LogP contribution in [0.25, 0.3) is 0 Å². The average Bonchev–Trinajstić information content (AvgIpc) is 2.90. The zero-order valence-electron chi connectivity index (χ0n) is 21.5. The molecule has 8 nitrogen and oxygen atoms in total. The van der Waals surface area contributed by atoms with Crippen molar-refractivity contribution in [3.8, 4) is 0 Å². The molecule has 0 atom stereocenters. The molecule has 1 saturated heterocycles. The minimum absolute atomic E-state index is 0.0517. The van der Waals surface area contributed by atoms with E-state index >= 15 is 0 Å². The number of nitrogens with one attached hydrogen (secondary N) is 2. The number of halogens is 3. The van der Waals surface area contributed by atoms with Gasteiger partial charge in [0.2, 0.25) is 0 Å². The molecule has 0 saturated carbocycles. The lowest BCUT2D eigenvalue weighted by molar-refractivity contribution is -0.138. The molecule has 202 valence electrons. The monoisotopic (exact) mass is 527 g/mol. The SMILES string of the molecule is CCN1CCN(Cc2ccc(C(=O)Nc3ccc(C)c(NCc4cnc(N)cn4)c3)cc2C(F)(F)F)CC1. The second-order valence-corrected chi connectivity index (χ2v) is 9.35. The number of nitrogens with two attached hydrogens (primary N) is 1. The van der Waals surface area contributed by atoms with Crippen LogP contribution in [0.1, 0.15) is 39.7 Å². The quantitative estimate of drug-likeness (QED) is 0.400. The predicted molar refractivity (Wildman–Crippen MR) is 142 cm³/mol. The van der Waals surface area contributed by atoms with Crippen molar-refractivity contribution in [3.63, 3.8) is 0 Å². The van der Waals surface area contributed by atoms with Crippen LogP contribution in [-0.2, 0) is 19.3 Å². The molecular formula is C27H32F3N7O. The van der Waals surface area contributed by atoms with Crippen LogP contribution in [0.2, 0.25) is 0 Å². The number of hydrogen-bond acceptors (Lipinski definition) is 7. The van der Waals surface area contributed by atoms with Crippen LogP contribution in [0, 0.1) is 6.92 Å². The third-order valence-electron chi connectivity index (χ3n) is 6.66. The minimum Gasteiger partial charge on any atom is -0.382 e. The second-order valence-electron chi connectivity index (χ2n) is 9.35. The van der Waals surface area contributed by atoms with Crippen molar-refractivity contribution in [1.82, 2.24) is 19.8 Å². The Kier molecular flexibility index (Phi) is 8.48. The van der Waals surface area contributed by atoms with Gasteiger partial charge in [0.1, 0.15) is 5.82 Å². The predicted octanol–water partition coefficient (Wildman–Crippen LogP) is 4.39. The summed E-state index contributed by atoms with van der Waals surface area (Å²) in [4.78, 5) is 25.4. The Morgan fingerprint density at radius 2 is 1.76 bits per heavy atom. The number of nitrogen functional groups attached to an aromatic ring is 1. The fraction of sp³-hybridized carbons (Fsp3) is 0.370. The number of benzene rings is 2. The van der Waals surface area contributed by atoms with Crippen LogP contribution in [0.15, 0.2) is 48.8 Å². The molecule has 38 heavy (non-hydrogen) atoms. The molecular weight excluding hydrogens is 495 g/mol. The molecule has 1 fully saturated rings. The van der Waals surface area contributed by atoms with Gasteiger partial charge in [-0.15, -0.1) is 0 Å². The summed E-state index contributed by atoms with van der Waals surface area (Å²) in [6.45, 7) is 8.57. The highest BCUT2D eigenvalue weighted by molar-refractivity contribution is 6.04. The second kappa shape index (κ2) is 11.8. The molecule has 1 aliphatic rings. The molecule has 0 aliphatic carbocycles. The lowest BCUT2D eigenvalue weighted by Gasteiger charge is -2.34. The molecule has 11 heteroatoms. The lowest BCUT2D eigenvalue weighted by atomic mass is 10.0. The number of alkyl halides is 3. The van der Waals surface area contributed by atoms with Gasteiger partial charge in [-0.1, -0.05) is 19.1 Å². The largest absolute Gasteiger partial charge is 0.416 e. The van der Waals surface area contributed by atoms with E-state index in [1.807, 2.05) is 17.9 Å². The van der Waals surface area contributed by atoms with E-state index in [1.165, 1.54) is 18.3 Å². The van der Waals surface area contributed by atoms with Crippen molar-refractivity contribution < 1.29 is 18.0 Å². The smallest absolute Gasteiger partial charge is 0.382 e. The van der Waals surface area contributed by atoms with E-state index in [0.29, 0.717) is 36.8 Å². The summed E-state index contributed by atoms with van der Waals surface area (Å²) < 4.78 is 41.9. The average molecular weight is 528 g/mol. The first-order chi connectivity index (χ1) is 18.1. The van der Waals surface area contributed by atoms with Crippen molar-refractivity contribution in [3.05, 3.63) is 76.7 Å². The van der Waals surface area contributed by atoms with Gasteiger partial charge in [0.05, 0.1) is 30.2 Å². The number of carbonyl (C=O) groups excluding carboxylic acids is 1. The number of carbonyl (C=O) groups is 1. The molecule has 1 aromatic heterocycles. The van der Waals surface area contributed by atoms with Gasteiger partial charge in [0.15, 0.2) is 0 Å². The molecule has 0 unspecified atom stereocenters. The van der Waals surface area contributed by atoms with E-state index in [-0.39, 0.29) is 17.7 Å². The molecule has 0 bridgehead atoms. The Hall–Kier alpha value is -3.70. The van der Waals surface area contributed by atoms with Crippen molar-refractivity contribution >= 4 is 23.1 Å². The first-order valence-corrected chi connectivity index (χ1v) is 12.5. The molecule has 3 aromatic rings. The fourth-order valence-electron chi connectivity index (χ4n) is 4.36. The molecule has 1 amide bonds. The van der Waals surface area contributed by atoms with Gasteiger partial charge >= 0.3 is 6.18 Å². The summed E-state index contributed by atoms with van der Waals surface area (Å²) in [6.07, 6.45) is -1.54. The minimum atomic E-state index is -4.57. The number of anilines is 3. The first kappa shape index (κ1) is 27.3. The van der Waals surface area contributed by atoms with E-state index in [2.05, 4.69) is 32.4 Å². The van der Waals surface area contributed by atoms with Gasteiger partial charge in [-0.05, 0) is 48.9 Å². The van der Waals surface area contributed by atoms with Crippen molar-refractivity contribution in [2.24, 2.45) is 0 Å². The van der Waals surface area contributed by atoms with Crippen LogP contribution >= 0.6 is 0 Å². The number of amides is 1. The molecule has 0 spiro atoms. The summed E-state index contributed by atoms with van der Waals surface area (Å²) in [5, 5.41) is 5.95. The standard InChI is InChI=1S/C27H32F3N7O/c1-3-36-8-10-37(11-9-36)17-20-6-5-19(12-23(20)27(28,29)30)26(38)35-21-7-4-18(2)24(13-21)33-14-22-15-34-25(31)16-32-22/h4-7,12-13,15-16,33H,3,8-11,14,17H2,1-2H3,(H2,31,34)(H,35,38). The topological polar surface area (TPSA) is 99.4 Å². The van der Waals surface area contributed by atoms with Crippen molar-refractivity contribution in [2.75, 3.05) is 49.1 Å². The van der Waals surface area contributed by atoms with Gasteiger partial charge < -0.3 is 21.3 Å². The third-order valence-corrected chi connectivity index (χ3v) is 6.66. The van der Waals surface area contributed by atoms with Gasteiger partial charge in [-0.3, -0.25) is 14.7 Å². The normalized spacial score (nSPS) is 14.9. The van der Waals surface area contributed by atoms with Crippen LogP contribution in [0.4, 0.5) is 30.4 Å². The van der Waals surface area contributed by atoms with Crippen LogP contribution in [-0.4, -0.2) is 58.4 Å². The molecule has 4 N–H and O–H groups in total. The highest BCUT2D eigenvalue weighted by atomic mass is 19.4. The number of aromatic nitrogens is 2. The summed E-state index contributed by atoms with van der Waals surface area (Å²) >= 11 is 0. The van der Waals surface area contributed by atoms with Crippen LogP contribution in [0.5, 0.6) is 0 Å². The maximum atomic E-state index is 14.0. The Bertz CT molecular complexity index is 1260. The van der Waals surface area contributed by atoms with Crippen molar-refractivity contribution in [2.45, 2.75) is 33.1 Å². The number of piperazine rings is 1. The van der Waals surface area contributed by atoms with Gasteiger partial charge in [0.25, 0.3) is 5.91 Å². The lowest BCUT2D eigenvalue weighted by Crippen LogP contribution is -2.45. The van der Waals surface area contributed by atoms with Crippen LogP contribution < -0.4 is 16.4 Å². The highest BCUT2D eigenvalue weighted by Gasteiger charge is 2.34. The molecule has 1 aliphatic heterocycles. The Morgan fingerprint density at radius 1 is 1.03 bits per heavy atom. The van der Waals surface area contributed by atoms with Crippen molar-refractivity contribution in [1.29, 1.82) is 0 Å². The summed E-state index contributed by atoms with van der Waals surface area (Å²) in [5.41, 5.74) is 7.72.